The van der Waals surface area contributed by atoms with Crippen LogP contribution in [0.2, 0.25) is 0 Å². The molecule has 0 atom stereocenters. The fourth-order valence-corrected chi connectivity index (χ4v) is 3.49. The Labute approximate surface area is 141 Å². The SMILES string of the molecule is COc1ccc(NS(=O)(=O)c2c(F)c(F)c(F)c(F)c2F)cc1Br. The summed E-state index contributed by atoms with van der Waals surface area (Å²) in [7, 11) is -3.74. The van der Waals surface area contributed by atoms with E-state index in [-0.39, 0.29) is 5.69 Å². The second-order valence-electron chi connectivity index (χ2n) is 4.35. The number of methoxy groups -OCH3 is 1. The van der Waals surface area contributed by atoms with Crippen molar-refractivity contribution in [2.24, 2.45) is 0 Å². The van der Waals surface area contributed by atoms with Crippen molar-refractivity contribution in [3.8, 4) is 5.75 Å². The first-order valence-corrected chi connectivity index (χ1v) is 8.25. The van der Waals surface area contributed by atoms with Crippen LogP contribution in [0.5, 0.6) is 5.75 Å². The first-order valence-electron chi connectivity index (χ1n) is 5.98. The summed E-state index contributed by atoms with van der Waals surface area (Å²) in [5.41, 5.74) is -0.188. The molecule has 0 saturated heterocycles. The highest BCUT2D eigenvalue weighted by atomic mass is 79.9. The average Bonchev–Trinajstić information content (AvgIpc) is 2.50. The summed E-state index contributed by atoms with van der Waals surface area (Å²) < 4.78 is 97.6. The van der Waals surface area contributed by atoms with Crippen molar-refractivity contribution < 1.29 is 35.1 Å². The van der Waals surface area contributed by atoms with Crippen molar-refractivity contribution in [3.05, 3.63) is 51.8 Å². The molecule has 2 aromatic rings. The predicted molar refractivity (Wildman–Crippen MR) is 77.7 cm³/mol. The Kier molecular flexibility index (Phi) is 5.04. The van der Waals surface area contributed by atoms with Crippen LogP contribution in [0.25, 0.3) is 0 Å². The van der Waals surface area contributed by atoms with E-state index < -0.39 is 44.0 Å². The minimum atomic E-state index is -5.08. The van der Waals surface area contributed by atoms with Gasteiger partial charge in [0.2, 0.25) is 5.82 Å². The summed E-state index contributed by atoms with van der Waals surface area (Å²) in [5.74, 6) is -11.7. The molecule has 0 aliphatic heterocycles. The molecule has 0 aliphatic rings. The zero-order valence-corrected chi connectivity index (χ0v) is 14.0. The highest BCUT2D eigenvalue weighted by Gasteiger charge is 2.33. The van der Waals surface area contributed by atoms with Gasteiger partial charge in [0, 0.05) is 0 Å². The van der Waals surface area contributed by atoms with E-state index in [9.17, 15) is 30.4 Å². The van der Waals surface area contributed by atoms with Gasteiger partial charge in [-0.05, 0) is 34.1 Å². The first kappa shape index (κ1) is 18.5. The Morgan fingerprint density at radius 3 is 1.92 bits per heavy atom. The summed E-state index contributed by atoms with van der Waals surface area (Å²) >= 11 is 3.06. The third-order valence-corrected chi connectivity index (χ3v) is 4.86. The van der Waals surface area contributed by atoms with Crippen LogP contribution < -0.4 is 9.46 Å². The largest absolute Gasteiger partial charge is 0.496 e. The molecule has 0 bridgehead atoms. The molecule has 2 aromatic carbocycles. The number of sulfonamides is 1. The van der Waals surface area contributed by atoms with E-state index in [4.69, 9.17) is 4.74 Å². The smallest absolute Gasteiger partial charge is 0.267 e. The van der Waals surface area contributed by atoms with Crippen molar-refractivity contribution in [3.63, 3.8) is 0 Å². The molecule has 0 fully saturated rings. The Hall–Kier alpha value is -1.88. The summed E-state index contributed by atoms with van der Waals surface area (Å²) in [6.45, 7) is 0. The quantitative estimate of drug-likeness (QED) is 0.453. The van der Waals surface area contributed by atoms with E-state index in [1.165, 1.54) is 25.3 Å². The predicted octanol–water partition coefficient (Wildman–Crippen LogP) is 3.95. The van der Waals surface area contributed by atoms with Gasteiger partial charge in [0.15, 0.2) is 28.2 Å². The van der Waals surface area contributed by atoms with Crippen molar-refractivity contribution in [1.82, 2.24) is 0 Å². The molecule has 0 heterocycles. The van der Waals surface area contributed by atoms with E-state index in [1.807, 2.05) is 0 Å². The summed E-state index contributed by atoms with van der Waals surface area (Å²) in [6, 6.07) is 3.68. The Morgan fingerprint density at radius 1 is 0.958 bits per heavy atom. The van der Waals surface area contributed by atoms with Crippen molar-refractivity contribution >= 4 is 31.6 Å². The molecular weight excluding hydrogens is 425 g/mol. The van der Waals surface area contributed by atoms with Crippen LogP contribution >= 0.6 is 15.9 Å². The third-order valence-electron chi connectivity index (χ3n) is 2.84. The topological polar surface area (TPSA) is 55.4 Å². The Balaban J connectivity index is 2.55. The Bertz CT molecular complexity index is 891. The van der Waals surface area contributed by atoms with Crippen molar-refractivity contribution in [2.45, 2.75) is 4.90 Å². The van der Waals surface area contributed by atoms with Crippen LogP contribution in [0.3, 0.4) is 0 Å². The number of hydrogen-bond acceptors (Lipinski definition) is 3. The standard InChI is InChI=1S/C13H7BrF5NO3S/c1-23-7-3-2-5(4-6(7)14)20-24(21,22)13-11(18)9(16)8(15)10(17)12(13)19/h2-4,20H,1H3. The van der Waals surface area contributed by atoms with Crippen molar-refractivity contribution in [2.75, 3.05) is 11.8 Å². The maximum Gasteiger partial charge on any atom is 0.267 e. The summed E-state index contributed by atoms with van der Waals surface area (Å²) in [6.07, 6.45) is 0. The average molecular weight is 432 g/mol. The van der Waals surface area contributed by atoms with Crippen LogP contribution in [0.15, 0.2) is 27.6 Å². The zero-order chi connectivity index (χ0) is 18.2. The van der Waals surface area contributed by atoms with Gasteiger partial charge in [-0.3, -0.25) is 4.72 Å². The monoisotopic (exact) mass is 431 g/mol. The molecule has 0 saturated carbocycles. The number of halogens is 6. The molecule has 0 aromatic heterocycles. The van der Waals surface area contributed by atoms with Crippen LogP contribution in [-0.4, -0.2) is 15.5 Å². The lowest BCUT2D eigenvalue weighted by atomic mass is 10.3. The normalized spacial score (nSPS) is 11.5. The summed E-state index contributed by atoms with van der Waals surface area (Å²) in [4.78, 5) is -1.97. The second kappa shape index (κ2) is 6.55. The lowest BCUT2D eigenvalue weighted by molar-refractivity contribution is 0.358. The lowest BCUT2D eigenvalue weighted by Gasteiger charge is -2.12. The molecule has 24 heavy (non-hydrogen) atoms. The van der Waals surface area contributed by atoms with Gasteiger partial charge in [-0.25, -0.2) is 30.4 Å². The lowest BCUT2D eigenvalue weighted by Crippen LogP contribution is -2.19. The molecule has 0 aliphatic carbocycles. The number of nitrogens with one attached hydrogen (secondary N) is 1. The molecule has 1 N–H and O–H groups in total. The van der Waals surface area contributed by atoms with Crippen LogP contribution in [-0.2, 0) is 10.0 Å². The molecule has 0 amide bonds. The molecule has 0 radical (unpaired) electrons. The summed E-state index contributed by atoms with van der Waals surface area (Å²) in [5, 5.41) is 0. The van der Waals surface area contributed by atoms with Crippen LogP contribution in [0.4, 0.5) is 27.6 Å². The van der Waals surface area contributed by atoms with Gasteiger partial charge in [0.1, 0.15) is 5.75 Å². The van der Waals surface area contributed by atoms with E-state index in [0.717, 1.165) is 0 Å². The van der Waals surface area contributed by atoms with E-state index in [2.05, 4.69) is 15.9 Å². The molecule has 0 unspecified atom stereocenters. The number of anilines is 1. The van der Waals surface area contributed by atoms with E-state index in [0.29, 0.717) is 10.2 Å². The minimum Gasteiger partial charge on any atom is -0.496 e. The second-order valence-corrected chi connectivity index (χ2v) is 6.83. The van der Waals surface area contributed by atoms with Gasteiger partial charge in [-0.2, -0.15) is 0 Å². The number of ether oxygens (including phenoxy) is 1. The third kappa shape index (κ3) is 3.18. The van der Waals surface area contributed by atoms with Gasteiger partial charge in [0.25, 0.3) is 10.0 Å². The van der Waals surface area contributed by atoms with Crippen LogP contribution in [0, 0.1) is 29.1 Å². The Morgan fingerprint density at radius 2 is 1.46 bits per heavy atom. The van der Waals surface area contributed by atoms with Crippen molar-refractivity contribution in [1.29, 1.82) is 0 Å². The first-order chi connectivity index (χ1) is 11.1. The zero-order valence-electron chi connectivity index (χ0n) is 11.6. The van der Waals surface area contributed by atoms with E-state index >= 15 is 0 Å². The van der Waals surface area contributed by atoms with Gasteiger partial charge in [-0.1, -0.05) is 0 Å². The molecule has 11 heteroatoms. The highest BCUT2D eigenvalue weighted by molar-refractivity contribution is 9.10. The van der Waals surface area contributed by atoms with Gasteiger partial charge < -0.3 is 4.74 Å². The number of hydrogen-bond donors (Lipinski definition) is 1. The fourth-order valence-electron chi connectivity index (χ4n) is 1.76. The number of rotatable bonds is 4. The minimum absolute atomic E-state index is 0.188. The van der Waals surface area contributed by atoms with Crippen LogP contribution in [0.1, 0.15) is 0 Å². The molecule has 2 rings (SSSR count). The molecule has 130 valence electrons. The molecular formula is C13H7BrF5NO3S. The highest BCUT2D eigenvalue weighted by Crippen LogP contribution is 2.31. The fraction of sp³-hybridized carbons (Fsp3) is 0.0769. The molecule has 0 spiro atoms. The molecule has 4 nitrogen and oxygen atoms in total. The van der Waals surface area contributed by atoms with Gasteiger partial charge >= 0.3 is 0 Å². The van der Waals surface area contributed by atoms with E-state index in [1.54, 1.807) is 4.72 Å². The number of benzene rings is 2. The maximum atomic E-state index is 13.6. The van der Waals surface area contributed by atoms with Gasteiger partial charge in [0.05, 0.1) is 17.3 Å². The van der Waals surface area contributed by atoms with Gasteiger partial charge in [-0.15, -0.1) is 0 Å². The maximum absolute atomic E-state index is 13.6.